The number of methoxy groups -OCH3 is 2. The number of rotatable bonds is 7. The van der Waals surface area contributed by atoms with Crippen molar-refractivity contribution in [3.63, 3.8) is 0 Å². The second-order valence-electron chi connectivity index (χ2n) is 5.37. The minimum atomic E-state index is -0.624. The summed E-state index contributed by atoms with van der Waals surface area (Å²) in [6, 6.07) is 6.51. The van der Waals surface area contributed by atoms with Gasteiger partial charge in [0.15, 0.2) is 6.61 Å². The largest absolute Gasteiger partial charge is 0.497 e. The molecule has 0 spiro atoms. The number of hydrogen-bond donors (Lipinski definition) is 1. The third-order valence-corrected chi connectivity index (χ3v) is 3.99. The van der Waals surface area contributed by atoms with Crippen molar-refractivity contribution in [3.8, 4) is 11.5 Å². The van der Waals surface area contributed by atoms with Crippen LogP contribution >= 0.6 is 15.9 Å². The summed E-state index contributed by atoms with van der Waals surface area (Å²) in [5.41, 5.74) is 1.01. The average molecular weight is 423 g/mol. The molecule has 1 aromatic carbocycles. The Morgan fingerprint density at radius 1 is 1.19 bits per heavy atom. The van der Waals surface area contributed by atoms with E-state index in [2.05, 4.69) is 26.2 Å². The van der Waals surface area contributed by atoms with Crippen molar-refractivity contribution < 1.29 is 23.8 Å². The zero-order valence-corrected chi connectivity index (χ0v) is 16.2. The molecule has 2 aromatic rings. The molecule has 1 heterocycles. The second-order valence-corrected chi connectivity index (χ2v) is 6.28. The highest BCUT2D eigenvalue weighted by molar-refractivity contribution is 9.10. The van der Waals surface area contributed by atoms with E-state index in [-0.39, 0.29) is 11.6 Å². The first-order chi connectivity index (χ1) is 12.4. The first-order valence-corrected chi connectivity index (χ1v) is 8.53. The minimum Gasteiger partial charge on any atom is -0.497 e. The van der Waals surface area contributed by atoms with Gasteiger partial charge in [-0.2, -0.15) is 0 Å². The van der Waals surface area contributed by atoms with Crippen molar-refractivity contribution in [1.82, 2.24) is 10.3 Å². The molecule has 1 unspecified atom stereocenters. The third-order valence-electron chi connectivity index (χ3n) is 3.56. The van der Waals surface area contributed by atoms with E-state index in [0.29, 0.717) is 16.0 Å². The smallest absolute Gasteiger partial charge is 0.340 e. The van der Waals surface area contributed by atoms with Crippen LogP contribution in [0.15, 0.2) is 41.1 Å². The Bertz CT molecular complexity index is 797. The van der Waals surface area contributed by atoms with Crippen LogP contribution in [0.4, 0.5) is 0 Å². The minimum absolute atomic E-state index is 0.259. The Morgan fingerprint density at radius 3 is 2.62 bits per heavy atom. The normalized spacial score (nSPS) is 11.4. The van der Waals surface area contributed by atoms with E-state index in [4.69, 9.17) is 14.2 Å². The van der Waals surface area contributed by atoms with Crippen LogP contribution in [0.2, 0.25) is 0 Å². The zero-order chi connectivity index (χ0) is 19.1. The van der Waals surface area contributed by atoms with Gasteiger partial charge in [0, 0.05) is 22.4 Å². The van der Waals surface area contributed by atoms with Crippen LogP contribution in [0, 0.1) is 0 Å². The van der Waals surface area contributed by atoms with Crippen molar-refractivity contribution in [3.05, 3.63) is 52.3 Å². The van der Waals surface area contributed by atoms with Crippen molar-refractivity contribution in [2.24, 2.45) is 0 Å². The molecule has 1 N–H and O–H groups in total. The van der Waals surface area contributed by atoms with E-state index in [9.17, 15) is 9.59 Å². The summed E-state index contributed by atoms with van der Waals surface area (Å²) in [7, 11) is 3.11. The van der Waals surface area contributed by atoms with E-state index in [0.717, 1.165) is 5.56 Å². The highest BCUT2D eigenvalue weighted by Crippen LogP contribution is 2.29. The first kappa shape index (κ1) is 19.7. The molecule has 1 aromatic heterocycles. The van der Waals surface area contributed by atoms with Crippen LogP contribution in [0.1, 0.15) is 28.9 Å². The Kier molecular flexibility index (Phi) is 6.97. The fourth-order valence-corrected chi connectivity index (χ4v) is 2.64. The highest BCUT2D eigenvalue weighted by atomic mass is 79.9. The topological polar surface area (TPSA) is 86.8 Å². The predicted octanol–water partition coefficient (Wildman–Crippen LogP) is 2.90. The summed E-state index contributed by atoms with van der Waals surface area (Å²) in [4.78, 5) is 27.9. The lowest BCUT2D eigenvalue weighted by Crippen LogP contribution is -2.31. The summed E-state index contributed by atoms with van der Waals surface area (Å²) < 4.78 is 16.2. The number of hydrogen-bond acceptors (Lipinski definition) is 6. The van der Waals surface area contributed by atoms with Gasteiger partial charge in [-0.15, -0.1) is 0 Å². The molecule has 0 aliphatic heterocycles. The summed E-state index contributed by atoms with van der Waals surface area (Å²) in [6.45, 7) is 1.40. The van der Waals surface area contributed by atoms with Crippen molar-refractivity contribution >= 4 is 27.8 Å². The molecular formula is C18H19BrN2O5. The van der Waals surface area contributed by atoms with E-state index >= 15 is 0 Å². The SMILES string of the molecule is COc1ccc(OC)c(C(C)NC(=O)COC(=O)c2cncc(Br)c2)c1. The van der Waals surface area contributed by atoms with Crippen LogP contribution in [-0.2, 0) is 9.53 Å². The van der Waals surface area contributed by atoms with Gasteiger partial charge in [-0.3, -0.25) is 9.78 Å². The van der Waals surface area contributed by atoms with E-state index in [1.807, 2.05) is 0 Å². The molecular weight excluding hydrogens is 404 g/mol. The van der Waals surface area contributed by atoms with E-state index in [1.54, 1.807) is 51.6 Å². The number of benzene rings is 1. The maximum atomic E-state index is 12.1. The predicted molar refractivity (Wildman–Crippen MR) is 98.3 cm³/mol. The van der Waals surface area contributed by atoms with Crippen LogP contribution in [0.3, 0.4) is 0 Å². The summed E-state index contributed by atoms with van der Waals surface area (Å²) >= 11 is 3.22. The van der Waals surface area contributed by atoms with Crippen molar-refractivity contribution in [2.45, 2.75) is 13.0 Å². The van der Waals surface area contributed by atoms with Gasteiger partial charge in [0.05, 0.1) is 25.8 Å². The number of nitrogens with zero attached hydrogens (tertiary/aromatic N) is 1. The Morgan fingerprint density at radius 2 is 1.96 bits per heavy atom. The summed E-state index contributed by atoms with van der Waals surface area (Å²) in [5.74, 6) is 0.213. The van der Waals surface area contributed by atoms with Crippen LogP contribution in [0.25, 0.3) is 0 Å². The van der Waals surface area contributed by atoms with Gasteiger partial charge in [-0.1, -0.05) is 0 Å². The van der Waals surface area contributed by atoms with Gasteiger partial charge in [0.2, 0.25) is 0 Å². The van der Waals surface area contributed by atoms with Crippen LogP contribution < -0.4 is 14.8 Å². The van der Waals surface area contributed by atoms with Gasteiger partial charge < -0.3 is 19.5 Å². The number of amides is 1. The zero-order valence-electron chi connectivity index (χ0n) is 14.6. The number of aromatic nitrogens is 1. The van der Waals surface area contributed by atoms with Crippen molar-refractivity contribution in [2.75, 3.05) is 20.8 Å². The number of nitrogens with one attached hydrogen (secondary N) is 1. The molecule has 7 nitrogen and oxygen atoms in total. The molecule has 0 radical (unpaired) electrons. The van der Waals surface area contributed by atoms with Gasteiger partial charge in [0.25, 0.3) is 5.91 Å². The van der Waals surface area contributed by atoms with Crippen LogP contribution in [0.5, 0.6) is 11.5 Å². The number of ether oxygens (including phenoxy) is 3. The van der Waals surface area contributed by atoms with Crippen LogP contribution in [-0.4, -0.2) is 37.7 Å². The lowest BCUT2D eigenvalue weighted by molar-refractivity contribution is -0.124. The maximum Gasteiger partial charge on any atom is 0.340 e. The lowest BCUT2D eigenvalue weighted by atomic mass is 10.1. The molecule has 26 heavy (non-hydrogen) atoms. The van der Waals surface area contributed by atoms with Crippen molar-refractivity contribution in [1.29, 1.82) is 0 Å². The monoisotopic (exact) mass is 422 g/mol. The maximum absolute atomic E-state index is 12.1. The molecule has 8 heteroatoms. The third kappa shape index (κ3) is 5.19. The Balaban J connectivity index is 1.96. The molecule has 0 saturated carbocycles. The quantitative estimate of drug-likeness (QED) is 0.690. The lowest BCUT2D eigenvalue weighted by Gasteiger charge is -2.18. The van der Waals surface area contributed by atoms with Gasteiger partial charge >= 0.3 is 5.97 Å². The number of esters is 1. The Labute approximate surface area is 159 Å². The van der Waals surface area contributed by atoms with E-state index in [1.165, 1.54) is 6.20 Å². The Hall–Kier alpha value is -2.61. The molecule has 1 atom stereocenters. The molecule has 0 aliphatic carbocycles. The summed E-state index contributed by atoms with van der Waals surface area (Å²) in [6.07, 6.45) is 2.92. The molecule has 0 bridgehead atoms. The summed E-state index contributed by atoms with van der Waals surface area (Å²) in [5, 5.41) is 2.76. The number of halogens is 1. The number of pyridine rings is 1. The molecule has 0 fully saturated rings. The number of carbonyl (C=O) groups excluding carboxylic acids is 2. The number of carbonyl (C=O) groups is 2. The fraction of sp³-hybridized carbons (Fsp3) is 0.278. The second kappa shape index (κ2) is 9.19. The molecule has 138 valence electrons. The molecule has 0 aliphatic rings. The molecule has 0 saturated heterocycles. The molecule has 1 amide bonds. The van der Waals surface area contributed by atoms with Gasteiger partial charge in [0.1, 0.15) is 11.5 Å². The van der Waals surface area contributed by atoms with Gasteiger partial charge in [-0.05, 0) is 47.1 Å². The van der Waals surface area contributed by atoms with E-state index < -0.39 is 18.5 Å². The first-order valence-electron chi connectivity index (χ1n) is 7.73. The average Bonchev–Trinajstić information content (AvgIpc) is 2.65. The standard InChI is InChI=1S/C18H19BrN2O5/c1-11(15-7-14(24-2)4-5-16(15)25-3)21-17(22)10-26-18(23)12-6-13(19)9-20-8-12/h4-9,11H,10H2,1-3H3,(H,21,22). The molecule has 2 rings (SSSR count). The highest BCUT2D eigenvalue weighted by Gasteiger charge is 2.17. The fourth-order valence-electron chi connectivity index (χ4n) is 2.28. The van der Waals surface area contributed by atoms with Gasteiger partial charge in [-0.25, -0.2) is 4.79 Å².